The van der Waals surface area contributed by atoms with E-state index in [1.165, 1.54) is 0 Å². The summed E-state index contributed by atoms with van der Waals surface area (Å²) in [6.45, 7) is 9.31. The van der Waals surface area contributed by atoms with E-state index in [1.807, 2.05) is 28.9 Å². The van der Waals surface area contributed by atoms with E-state index in [0.29, 0.717) is 12.1 Å². The van der Waals surface area contributed by atoms with Gasteiger partial charge in [-0.05, 0) is 24.1 Å². The lowest BCUT2D eigenvalue weighted by atomic mass is 9.96. The van der Waals surface area contributed by atoms with E-state index in [0.717, 1.165) is 35.7 Å². The molecular formula is C22H26N4O2. The number of aromatic nitrogens is 4. The van der Waals surface area contributed by atoms with Crippen LogP contribution >= 0.6 is 0 Å². The Hall–Kier alpha value is -3.02. The van der Waals surface area contributed by atoms with E-state index in [2.05, 4.69) is 32.7 Å². The second-order valence-corrected chi connectivity index (χ2v) is 7.90. The number of benzene rings is 1. The maximum absolute atomic E-state index is 11.4. The largest absolute Gasteiger partial charge is 0.478 e. The van der Waals surface area contributed by atoms with E-state index in [9.17, 15) is 9.90 Å². The number of hydrogen-bond acceptors (Lipinski definition) is 4. The zero-order chi connectivity index (χ0) is 20.3. The predicted molar refractivity (Wildman–Crippen MR) is 108 cm³/mol. The third-order valence-corrected chi connectivity index (χ3v) is 4.48. The van der Waals surface area contributed by atoms with Crippen LogP contribution in [0.15, 0.2) is 42.6 Å². The number of carbonyl (C=O) groups is 1. The van der Waals surface area contributed by atoms with Crippen LogP contribution in [0, 0.1) is 0 Å². The molecule has 1 N–H and O–H groups in total. The fourth-order valence-electron chi connectivity index (χ4n) is 2.98. The first-order valence-corrected chi connectivity index (χ1v) is 9.51. The SMILES string of the molecule is CCCn1nc(C(C)(C)C)nc1Cc1ccc(-c2ncccc2C(=O)O)cc1. The van der Waals surface area contributed by atoms with Gasteiger partial charge >= 0.3 is 5.97 Å². The molecule has 146 valence electrons. The van der Waals surface area contributed by atoms with Gasteiger partial charge in [-0.1, -0.05) is 52.0 Å². The van der Waals surface area contributed by atoms with Gasteiger partial charge < -0.3 is 5.11 Å². The van der Waals surface area contributed by atoms with Gasteiger partial charge in [0, 0.05) is 30.1 Å². The van der Waals surface area contributed by atoms with Crippen LogP contribution in [0.4, 0.5) is 0 Å². The van der Waals surface area contributed by atoms with Crippen molar-refractivity contribution < 1.29 is 9.90 Å². The average molecular weight is 378 g/mol. The van der Waals surface area contributed by atoms with Crippen molar-refractivity contribution in [1.29, 1.82) is 0 Å². The Kier molecular flexibility index (Phi) is 5.58. The topological polar surface area (TPSA) is 80.9 Å². The number of rotatable bonds is 6. The smallest absolute Gasteiger partial charge is 0.337 e. The Morgan fingerprint density at radius 3 is 2.46 bits per heavy atom. The molecule has 0 atom stereocenters. The minimum Gasteiger partial charge on any atom is -0.478 e. The molecule has 0 aliphatic carbocycles. The van der Waals surface area contributed by atoms with E-state index < -0.39 is 5.97 Å². The van der Waals surface area contributed by atoms with E-state index in [-0.39, 0.29) is 11.0 Å². The lowest BCUT2D eigenvalue weighted by molar-refractivity contribution is 0.0697. The fraction of sp³-hybridized carbons (Fsp3) is 0.364. The van der Waals surface area contributed by atoms with Crippen LogP contribution in [0.25, 0.3) is 11.3 Å². The quantitative estimate of drug-likeness (QED) is 0.690. The third kappa shape index (κ3) is 4.27. The van der Waals surface area contributed by atoms with Crippen LogP contribution < -0.4 is 0 Å². The van der Waals surface area contributed by atoms with Crippen molar-refractivity contribution in [2.75, 3.05) is 0 Å². The summed E-state index contributed by atoms with van der Waals surface area (Å²) < 4.78 is 2.00. The summed E-state index contributed by atoms with van der Waals surface area (Å²) in [4.78, 5) is 20.4. The standard InChI is InChI=1S/C22H26N4O2/c1-5-13-26-18(24-21(25-26)22(2,3)4)14-15-8-10-16(11-9-15)19-17(20(27)28)7-6-12-23-19/h6-12H,5,13-14H2,1-4H3,(H,27,28). The van der Waals surface area contributed by atoms with Crippen LogP contribution in [0.2, 0.25) is 0 Å². The molecule has 28 heavy (non-hydrogen) atoms. The first-order chi connectivity index (χ1) is 13.3. The molecule has 0 bridgehead atoms. The summed E-state index contributed by atoms with van der Waals surface area (Å²) in [7, 11) is 0. The maximum atomic E-state index is 11.4. The molecule has 0 aliphatic rings. The number of nitrogens with zero attached hydrogens (tertiary/aromatic N) is 4. The minimum absolute atomic E-state index is 0.0934. The Bertz CT molecular complexity index is 969. The summed E-state index contributed by atoms with van der Waals surface area (Å²) in [6, 6.07) is 11.0. The number of pyridine rings is 1. The molecule has 2 aromatic heterocycles. The zero-order valence-corrected chi connectivity index (χ0v) is 16.8. The normalized spacial score (nSPS) is 11.6. The summed E-state index contributed by atoms with van der Waals surface area (Å²) in [6.07, 6.45) is 3.28. The molecule has 3 aromatic rings. The lowest BCUT2D eigenvalue weighted by Gasteiger charge is -2.12. The molecule has 0 amide bonds. The molecule has 0 unspecified atom stereocenters. The molecule has 0 saturated heterocycles. The molecular weight excluding hydrogens is 352 g/mol. The summed E-state index contributed by atoms with van der Waals surface area (Å²) in [5, 5.41) is 14.1. The molecule has 6 nitrogen and oxygen atoms in total. The van der Waals surface area contributed by atoms with Crippen molar-refractivity contribution in [3.63, 3.8) is 0 Å². The van der Waals surface area contributed by atoms with Crippen LogP contribution in [0.3, 0.4) is 0 Å². The van der Waals surface area contributed by atoms with Crippen molar-refractivity contribution in [3.8, 4) is 11.3 Å². The van der Waals surface area contributed by atoms with Gasteiger partial charge in [0.1, 0.15) is 5.82 Å². The first-order valence-electron chi connectivity index (χ1n) is 9.51. The Morgan fingerprint density at radius 1 is 1.14 bits per heavy atom. The highest BCUT2D eigenvalue weighted by Gasteiger charge is 2.21. The molecule has 3 rings (SSSR count). The van der Waals surface area contributed by atoms with Gasteiger partial charge in [0.05, 0.1) is 11.3 Å². The van der Waals surface area contributed by atoms with E-state index in [4.69, 9.17) is 10.1 Å². The van der Waals surface area contributed by atoms with Crippen molar-refractivity contribution >= 4 is 5.97 Å². The van der Waals surface area contributed by atoms with Gasteiger partial charge in [0.15, 0.2) is 5.82 Å². The number of aryl methyl sites for hydroxylation is 1. The highest BCUT2D eigenvalue weighted by Crippen LogP contribution is 2.23. The fourth-order valence-corrected chi connectivity index (χ4v) is 2.98. The van der Waals surface area contributed by atoms with Gasteiger partial charge in [-0.3, -0.25) is 4.98 Å². The average Bonchev–Trinajstić information content (AvgIpc) is 3.06. The molecule has 0 spiro atoms. The molecule has 2 heterocycles. The summed E-state index contributed by atoms with van der Waals surface area (Å²) >= 11 is 0. The highest BCUT2D eigenvalue weighted by atomic mass is 16.4. The Balaban J connectivity index is 1.88. The second-order valence-electron chi connectivity index (χ2n) is 7.90. The van der Waals surface area contributed by atoms with E-state index >= 15 is 0 Å². The molecule has 0 radical (unpaired) electrons. The van der Waals surface area contributed by atoms with Crippen LogP contribution in [-0.4, -0.2) is 30.8 Å². The van der Waals surface area contributed by atoms with Crippen LogP contribution in [0.1, 0.15) is 61.7 Å². The summed E-state index contributed by atoms with van der Waals surface area (Å²) in [5.41, 5.74) is 2.47. The molecule has 1 aromatic carbocycles. The van der Waals surface area contributed by atoms with Gasteiger partial charge in [-0.15, -0.1) is 0 Å². The summed E-state index contributed by atoms with van der Waals surface area (Å²) in [5.74, 6) is 0.824. The van der Waals surface area contributed by atoms with Crippen molar-refractivity contribution in [2.45, 2.75) is 52.5 Å². The van der Waals surface area contributed by atoms with Gasteiger partial charge in [-0.2, -0.15) is 5.10 Å². The Morgan fingerprint density at radius 2 is 1.86 bits per heavy atom. The van der Waals surface area contributed by atoms with Gasteiger partial charge in [0.25, 0.3) is 0 Å². The molecule has 0 aliphatic heterocycles. The molecule has 6 heteroatoms. The lowest BCUT2D eigenvalue weighted by Crippen LogP contribution is -2.14. The molecule has 0 saturated carbocycles. The zero-order valence-electron chi connectivity index (χ0n) is 16.8. The van der Waals surface area contributed by atoms with Gasteiger partial charge in [-0.25, -0.2) is 14.5 Å². The van der Waals surface area contributed by atoms with Gasteiger partial charge in [0.2, 0.25) is 0 Å². The monoisotopic (exact) mass is 378 g/mol. The highest BCUT2D eigenvalue weighted by molar-refractivity contribution is 5.94. The van der Waals surface area contributed by atoms with Crippen molar-refractivity contribution in [1.82, 2.24) is 19.7 Å². The van der Waals surface area contributed by atoms with Crippen molar-refractivity contribution in [2.24, 2.45) is 0 Å². The number of carboxylic acids is 1. The maximum Gasteiger partial charge on any atom is 0.337 e. The minimum atomic E-state index is -0.977. The second kappa shape index (κ2) is 7.92. The van der Waals surface area contributed by atoms with Crippen LogP contribution in [-0.2, 0) is 18.4 Å². The Labute approximate surface area is 165 Å². The first kappa shape index (κ1) is 19.7. The third-order valence-electron chi connectivity index (χ3n) is 4.48. The number of aromatic carboxylic acids is 1. The predicted octanol–water partition coefficient (Wildman–Crippen LogP) is 4.34. The number of hydrogen-bond donors (Lipinski definition) is 1. The molecule has 0 fully saturated rings. The van der Waals surface area contributed by atoms with Crippen LogP contribution in [0.5, 0.6) is 0 Å². The van der Waals surface area contributed by atoms with E-state index in [1.54, 1.807) is 18.3 Å². The number of carboxylic acid groups (broad SMARTS) is 1. The van der Waals surface area contributed by atoms with Crippen molar-refractivity contribution in [3.05, 3.63) is 65.4 Å².